The predicted octanol–water partition coefficient (Wildman–Crippen LogP) is 2.95. The number of fused-ring (bicyclic) bond motifs is 1. The molecule has 4 rings (SSSR count). The molecule has 0 bridgehead atoms. The average molecular weight is 365 g/mol. The number of hydrogen-bond acceptors (Lipinski definition) is 5. The zero-order valence-electron chi connectivity index (χ0n) is 14.5. The molecule has 3 heterocycles. The number of anilines is 1. The van der Waals surface area contributed by atoms with Crippen LogP contribution in [0.1, 0.15) is 12.0 Å². The number of aryl methyl sites for hydroxylation is 1. The fourth-order valence-corrected chi connectivity index (χ4v) is 3.97. The number of carbonyl (C=O) groups excluding carboxylic acids is 1. The normalized spacial score (nSPS) is 13.5. The van der Waals surface area contributed by atoms with Crippen LogP contribution in [0.5, 0.6) is 0 Å². The molecule has 26 heavy (non-hydrogen) atoms. The van der Waals surface area contributed by atoms with Crippen LogP contribution < -0.4 is 4.90 Å². The van der Waals surface area contributed by atoms with Crippen molar-refractivity contribution in [1.82, 2.24) is 19.7 Å². The third-order valence-corrected chi connectivity index (χ3v) is 5.50. The van der Waals surface area contributed by atoms with Crippen molar-refractivity contribution in [2.75, 3.05) is 17.2 Å². The van der Waals surface area contributed by atoms with Crippen molar-refractivity contribution < 1.29 is 4.79 Å². The van der Waals surface area contributed by atoms with Crippen molar-refractivity contribution in [2.24, 2.45) is 7.05 Å². The molecule has 3 aromatic rings. The highest BCUT2D eigenvalue weighted by Crippen LogP contribution is 2.28. The minimum Gasteiger partial charge on any atom is -0.311 e. The first-order valence-corrected chi connectivity index (χ1v) is 9.53. The Balaban J connectivity index is 1.47. The van der Waals surface area contributed by atoms with Gasteiger partial charge >= 0.3 is 0 Å². The van der Waals surface area contributed by atoms with E-state index in [-0.39, 0.29) is 5.91 Å². The standard InChI is InChI=1S/C19H19N5OS/c1-23-18(15-7-4-10-20-12-15)21-22-19(23)26-13-17(25)24-11-5-8-14-6-2-3-9-16(14)24/h2-4,6-7,9-10,12H,5,8,11,13H2,1H3. The predicted molar refractivity (Wildman–Crippen MR) is 102 cm³/mol. The van der Waals surface area contributed by atoms with Crippen molar-refractivity contribution in [2.45, 2.75) is 18.0 Å². The second-order valence-corrected chi connectivity index (χ2v) is 7.12. The third kappa shape index (κ3) is 3.22. The fraction of sp³-hybridized carbons (Fsp3) is 0.263. The molecule has 2 aromatic heterocycles. The Kier molecular flexibility index (Phi) is 4.71. The second kappa shape index (κ2) is 7.29. The van der Waals surface area contributed by atoms with Crippen molar-refractivity contribution in [3.8, 4) is 11.4 Å². The van der Waals surface area contributed by atoms with E-state index in [1.54, 1.807) is 12.4 Å². The van der Waals surface area contributed by atoms with Gasteiger partial charge in [0.25, 0.3) is 0 Å². The van der Waals surface area contributed by atoms with Gasteiger partial charge in [0.2, 0.25) is 5.91 Å². The van der Waals surface area contributed by atoms with Crippen LogP contribution >= 0.6 is 11.8 Å². The van der Waals surface area contributed by atoms with Gasteiger partial charge in [0.15, 0.2) is 11.0 Å². The van der Waals surface area contributed by atoms with Crippen LogP contribution in [-0.4, -0.2) is 38.0 Å². The zero-order valence-corrected chi connectivity index (χ0v) is 15.3. The van der Waals surface area contributed by atoms with Crippen LogP contribution in [0.3, 0.4) is 0 Å². The van der Waals surface area contributed by atoms with Crippen LogP contribution in [-0.2, 0) is 18.3 Å². The molecule has 1 aliphatic rings. The lowest BCUT2D eigenvalue weighted by Gasteiger charge is -2.29. The Morgan fingerprint density at radius 2 is 2.08 bits per heavy atom. The monoisotopic (exact) mass is 365 g/mol. The summed E-state index contributed by atoms with van der Waals surface area (Å²) in [4.78, 5) is 18.8. The molecule has 1 aliphatic heterocycles. The summed E-state index contributed by atoms with van der Waals surface area (Å²) in [5.41, 5.74) is 3.19. The highest BCUT2D eigenvalue weighted by atomic mass is 32.2. The Morgan fingerprint density at radius 1 is 1.19 bits per heavy atom. The van der Waals surface area contributed by atoms with Gasteiger partial charge in [-0.15, -0.1) is 10.2 Å². The molecule has 0 radical (unpaired) electrons. The van der Waals surface area contributed by atoms with Crippen molar-refractivity contribution in [3.63, 3.8) is 0 Å². The minimum absolute atomic E-state index is 0.105. The molecule has 0 spiro atoms. The van der Waals surface area contributed by atoms with E-state index in [1.807, 2.05) is 46.8 Å². The molecule has 0 aliphatic carbocycles. The summed E-state index contributed by atoms with van der Waals surface area (Å²) < 4.78 is 1.90. The van der Waals surface area contributed by atoms with Gasteiger partial charge in [0.1, 0.15) is 0 Å². The molecule has 0 saturated carbocycles. The van der Waals surface area contributed by atoms with Crippen molar-refractivity contribution in [1.29, 1.82) is 0 Å². The van der Waals surface area contributed by atoms with Gasteiger partial charge in [-0.3, -0.25) is 9.78 Å². The number of aromatic nitrogens is 4. The Bertz CT molecular complexity index is 925. The van der Waals surface area contributed by atoms with Crippen LogP contribution in [0.15, 0.2) is 53.9 Å². The van der Waals surface area contributed by atoms with Crippen LogP contribution in [0.25, 0.3) is 11.4 Å². The van der Waals surface area contributed by atoms with Crippen molar-refractivity contribution >= 4 is 23.4 Å². The first-order chi connectivity index (χ1) is 12.7. The summed E-state index contributed by atoms with van der Waals surface area (Å²) in [7, 11) is 1.91. The molecule has 1 amide bonds. The summed E-state index contributed by atoms with van der Waals surface area (Å²) in [6, 6.07) is 12.0. The summed E-state index contributed by atoms with van der Waals surface area (Å²) in [6.45, 7) is 0.774. The van der Waals surface area contributed by atoms with Gasteiger partial charge < -0.3 is 9.47 Å². The summed E-state index contributed by atoms with van der Waals surface area (Å²) in [5.74, 6) is 1.19. The SMILES string of the molecule is Cn1c(SCC(=O)N2CCCc3ccccc32)nnc1-c1cccnc1. The number of rotatable bonds is 4. The number of nitrogens with zero attached hydrogens (tertiary/aromatic N) is 5. The maximum absolute atomic E-state index is 12.8. The number of amides is 1. The smallest absolute Gasteiger partial charge is 0.237 e. The molecule has 0 atom stereocenters. The summed E-state index contributed by atoms with van der Waals surface area (Å²) >= 11 is 1.42. The number of benzene rings is 1. The second-order valence-electron chi connectivity index (χ2n) is 6.17. The number of para-hydroxylation sites is 1. The largest absolute Gasteiger partial charge is 0.311 e. The van der Waals surface area contributed by atoms with Gasteiger partial charge in [0, 0.05) is 37.2 Å². The van der Waals surface area contributed by atoms with E-state index in [4.69, 9.17) is 0 Å². The third-order valence-electron chi connectivity index (χ3n) is 4.49. The molecule has 1 aromatic carbocycles. The number of thioether (sulfide) groups is 1. The average Bonchev–Trinajstić information content (AvgIpc) is 3.07. The molecular weight excluding hydrogens is 346 g/mol. The Morgan fingerprint density at radius 3 is 2.92 bits per heavy atom. The van der Waals surface area contributed by atoms with Gasteiger partial charge in [-0.05, 0) is 36.6 Å². The van der Waals surface area contributed by atoms with E-state index in [0.717, 1.165) is 41.6 Å². The number of carbonyl (C=O) groups is 1. The van der Waals surface area contributed by atoms with Gasteiger partial charge in [0.05, 0.1) is 5.75 Å². The van der Waals surface area contributed by atoms with Crippen LogP contribution in [0.4, 0.5) is 5.69 Å². The molecule has 0 fully saturated rings. The van der Waals surface area contributed by atoms with Crippen LogP contribution in [0.2, 0.25) is 0 Å². The first-order valence-electron chi connectivity index (χ1n) is 8.55. The highest BCUT2D eigenvalue weighted by molar-refractivity contribution is 7.99. The van der Waals surface area contributed by atoms with E-state index in [1.165, 1.54) is 17.3 Å². The zero-order chi connectivity index (χ0) is 17.9. The topological polar surface area (TPSA) is 63.9 Å². The Hall–Kier alpha value is -2.67. The van der Waals surface area contributed by atoms with Gasteiger partial charge in [-0.25, -0.2) is 0 Å². The molecule has 0 N–H and O–H groups in total. The molecule has 7 heteroatoms. The number of hydrogen-bond donors (Lipinski definition) is 0. The molecule has 0 unspecified atom stereocenters. The minimum atomic E-state index is 0.105. The highest BCUT2D eigenvalue weighted by Gasteiger charge is 2.23. The van der Waals surface area contributed by atoms with E-state index >= 15 is 0 Å². The molecular formula is C19H19N5OS. The maximum atomic E-state index is 12.8. The quantitative estimate of drug-likeness (QED) is 0.665. The lowest BCUT2D eigenvalue weighted by molar-refractivity contribution is -0.116. The van der Waals surface area contributed by atoms with Crippen molar-refractivity contribution in [3.05, 3.63) is 54.4 Å². The maximum Gasteiger partial charge on any atom is 0.237 e. The van der Waals surface area contributed by atoms with Crippen LogP contribution in [0, 0.1) is 0 Å². The fourth-order valence-electron chi connectivity index (χ4n) is 3.18. The summed E-state index contributed by atoms with van der Waals surface area (Å²) in [5, 5.41) is 9.20. The number of pyridine rings is 1. The van der Waals surface area contributed by atoms with E-state index in [2.05, 4.69) is 21.2 Å². The van der Waals surface area contributed by atoms with Gasteiger partial charge in [-0.1, -0.05) is 30.0 Å². The molecule has 132 valence electrons. The first kappa shape index (κ1) is 16.8. The molecule has 0 saturated heterocycles. The Labute approximate surface area is 156 Å². The van der Waals surface area contributed by atoms with E-state index < -0.39 is 0 Å². The molecule has 6 nitrogen and oxygen atoms in total. The van der Waals surface area contributed by atoms with E-state index in [0.29, 0.717) is 5.75 Å². The lowest BCUT2D eigenvalue weighted by Crippen LogP contribution is -2.36. The summed E-state index contributed by atoms with van der Waals surface area (Å²) in [6.07, 6.45) is 5.52. The lowest BCUT2D eigenvalue weighted by atomic mass is 10.0. The van der Waals surface area contributed by atoms with Gasteiger partial charge in [-0.2, -0.15) is 0 Å². The van der Waals surface area contributed by atoms with E-state index in [9.17, 15) is 4.79 Å².